The monoisotopic (exact) mass is 112 g/mol. The molecule has 0 aliphatic carbocycles. The molecule has 0 fully saturated rings. The first kappa shape index (κ1) is 7.52. The Kier molecular flexibility index (Phi) is 4.39. The molecule has 0 radical (unpaired) electrons. The Morgan fingerprint density at radius 3 is 2.62 bits per heavy atom. The van der Waals surface area contributed by atoms with E-state index in [0.717, 1.165) is 12.8 Å². The number of aliphatic hydroxyl groups is 1. The van der Waals surface area contributed by atoms with Gasteiger partial charge in [0.2, 0.25) is 0 Å². The molecule has 1 unspecified atom stereocenters. The van der Waals surface area contributed by atoms with Gasteiger partial charge in [-0.3, -0.25) is 0 Å². The normalized spacial score (nSPS) is 11.9. The predicted molar refractivity (Wildman–Crippen MR) is 34.4 cm³/mol. The van der Waals surface area contributed by atoms with Crippen molar-refractivity contribution in [1.82, 2.24) is 0 Å². The quantitative estimate of drug-likeness (QED) is 0.532. The second kappa shape index (κ2) is 4.67. The van der Waals surface area contributed by atoms with Crippen LogP contribution in [0, 0.1) is 11.8 Å². The minimum absolute atomic E-state index is 0.398. The SMILES string of the molecule is CC#CC(O)CCC. The number of hydrogen-bond acceptors (Lipinski definition) is 1. The first-order valence-corrected chi connectivity index (χ1v) is 2.91. The highest BCUT2D eigenvalue weighted by Gasteiger charge is 1.92. The maximum absolute atomic E-state index is 8.88. The summed E-state index contributed by atoms with van der Waals surface area (Å²) in [6.07, 6.45) is 1.39. The lowest BCUT2D eigenvalue weighted by molar-refractivity contribution is 0.221. The third-order valence-corrected chi connectivity index (χ3v) is 0.873. The van der Waals surface area contributed by atoms with Crippen molar-refractivity contribution in [2.24, 2.45) is 0 Å². The third-order valence-electron chi connectivity index (χ3n) is 0.873. The van der Waals surface area contributed by atoms with Gasteiger partial charge in [-0.15, -0.1) is 5.92 Å². The van der Waals surface area contributed by atoms with Crippen molar-refractivity contribution in [2.75, 3.05) is 0 Å². The van der Waals surface area contributed by atoms with Crippen LogP contribution in [-0.2, 0) is 0 Å². The first-order valence-electron chi connectivity index (χ1n) is 2.91. The zero-order valence-electron chi connectivity index (χ0n) is 5.44. The summed E-state index contributed by atoms with van der Waals surface area (Å²) in [5.41, 5.74) is 0. The molecule has 0 aliphatic heterocycles. The molecule has 0 aromatic heterocycles. The molecule has 0 aliphatic rings. The summed E-state index contributed by atoms with van der Waals surface area (Å²) < 4.78 is 0. The summed E-state index contributed by atoms with van der Waals surface area (Å²) in [5, 5.41) is 8.88. The van der Waals surface area contributed by atoms with Gasteiger partial charge in [-0.05, 0) is 13.3 Å². The van der Waals surface area contributed by atoms with Gasteiger partial charge >= 0.3 is 0 Å². The van der Waals surface area contributed by atoms with Gasteiger partial charge in [-0.2, -0.15) is 0 Å². The molecule has 1 heteroatoms. The highest BCUT2D eigenvalue weighted by molar-refractivity contribution is 5.01. The Morgan fingerprint density at radius 2 is 2.25 bits per heavy atom. The maximum atomic E-state index is 8.88. The van der Waals surface area contributed by atoms with Gasteiger partial charge in [0.25, 0.3) is 0 Å². The lowest BCUT2D eigenvalue weighted by Gasteiger charge is -1.96. The molecular formula is C7H12O. The molecule has 0 heterocycles. The summed E-state index contributed by atoms with van der Waals surface area (Å²) >= 11 is 0. The molecule has 1 N–H and O–H groups in total. The van der Waals surface area contributed by atoms with E-state index in [1.165, 1.54) is 0 Å². The molecule has 1 nitrogen and oxygen atoms in total. The van der Waals surface area contributed by atoms with E-state index in [2.05, 4.69) is 11.8 Å². The molecule has 0 aromatic rings. The Balaban J connectivity index is 3.27. The number of aliphatic hydroxyl groups excluding tert-OH is 1. The van der Waals surface area contributed by atoms with Crippen molar-refractivity contribution < 1.29 is 5.11 Å². The molecule has 0 amide bonds. The van der Waals surface area contributed by atoms with Crippen LogP contribution in [0.15, 0.2) is 0 Å². The van der Waals surface area contributed by atoms with E-state index in [-0.39, 0.29) is 0 Å². The highest BCUT2D eigenvalue weighted by atomic mass is 16.3. The van der Waals surface area contributed by atoms with Crippen LogP contribution in [0.25, 0.3) is 0 Å². The van der Waals surface area contributed by atoms with E-state index < -0.39 is 6.10 Å². The second-order valence-corrected chi connectivity index (χ2v) is 1.70. The average molecular weight is 112 g/mol. The standard InChI is InChI=1S/C7H12O/c1-3-5-7(8)6-4-2/h7-8H,3,5H2,1-2H3. The van der Waals surface area contributed by atoms with Gasteiger partial charge in [-0.25, -0.2) is 0 Å². The van der Waals surface area contributed by atoms with E-state index in [9.17, 15) is 0 Å². The molecule has 46 valence electrons. The smallest absolute Gasteiger partial charge is 0.114 e. The van der Waals surface area contributed by atoms with Gasteiger partial charge < -0.3 is 5.11 Å². The molecular weight excluding hydrogens is 100 g/mol. The van der Waals surface area contributed by atoms with Crippen LogP contribution in [0.5, 0.6) is 0 Å². The molecule has 0 spiro atoms. The molecule has 0 aromatic carbocycles. The average Bonchev–Trinajstić information content (AvgIpc) is 1.68. The van der Waals surface area contributed by atoms with E-state index in [1.54, 1.807) is 6.92 Å². The van der Waals surface area contributed by atoms with Crippen molar-refractivity contribution in [3.05, 3.63) is 0 Å². The fourth-order valence-corrected chi connectivity index (χ4v) is 0.512. The summed E-state index contributed by atoms with van der Waals surface area (Å²) in [5.74, 6) is 5.30. The van der Waals surface area contributed by atoms with Crippen molar-refractivity contribution in [2.45, 2.75) is 32.8 Å². The van der Waals surface area contributed by atoms with Crippen molar-refractivity contribution >= 4 is 0 Å². The Morgan fingerprint density at radius 1 is 1.62 bits per heavy atom. The summed E-state index contributed by atoms with van der Waals surface area (Å²) in [4.78, 5) is 0. The van der Waals surface area contributed by atoms with Crippen LogP contribution in [0.1, 0.15) is 26.7 Å². The topological polar surface area (TPSA) is 20.2 Å². The predicted octanol–water partition coefficient (Wildman–Crippen LogP) is 1.17. The van der Waals surface area contributed by atoms with E-state index in [4.69, 9.17) is 5.11 Å². The zero-order valence-corrected chi connectivity index (χ0v) is 5.44. The van der Waals surface area contributed by atoms with Crippen LogP contribution in [-0.4, -0.2) is 11.2 Å². The molecule has 0 bridgehead atoms. The van der Waals surface area contributed by atoms with Gasteiger partial charge in [0.1, 0.15) is 6.10 Å². The summed E-state index contributed by atoms with van der Waals surface area (Å²) in [6.45, 7) is 3.76. The van der Waals surface area contributed by atoms with Crippen LogP contribution in [0.2, 0.25) is 0 Å². The summed E-state index contributed by atoms with van der Waals surface area (Å²) in [6, 6.07) is 0. The Bertz CT molecular complexity index is 96.7. The maximum Gasteiger partial charge on any atom is 0.114 e. The summed E-state index contributed by atoms with van der Waals surface area (Å²) in [7, 11) is 0. The van der Waals surface area contributed by atoms with Gasteiger partial charge in [-0.1, -0.05) is 19.3 Å². The van der Waals surface area contributed by atoms with Gasteiger partial charge in [0.15, 0.2) is 0 Å². The highest BCUT2D eigenvalue weighted by Crippen LogP contribution is 1.92. The van der Waals surface area contributed by atoms with Gasteiger partial charge in [0.05, 0.1) is 0 Å². The first-order chi connectivity index (χ1) is 3.81. The molecule has 1 atom stereocenters. The Labute approximate surface area is 50.7 Å². The molecule has 0 rings (SSSR count). The largest absolute Gasteiger partial charge is 0.380 e. The fraction of sp³-hybridized carbons (Fsp3) is 0.714. The van der Waals surface area contributed by atoms with E-state index >= 15 is 0 Å². The minimum Gasteiger partial charge on any atom is -0.380 e. The second-order valence-electron chi connectivity index (χ2n) is 1.70. The lowest BCUT2D eigenvalue weighted by Crippen LogP contribution is -2.00. The van der Waals surface area contributed by atoms with Crippen LogP contribution < -0.4 is 0 Å². The van der Waals surface area contributed by atoms with Crippen molar-refractivity contribution in [3.63, 3.8) is 0 Å². The number of rotatable bonds is 2. The number of hydrogen-bond donors (Lipinski definition) is 1. The van der Waals surface area contributed by atoms with Crippen LogP contribution >= 0.6 is 0 Å². The molecule has 0 saturated heterocycles. The van der Waals surface area contributed by atoms with Crippen molar-refractivity contribution in [1.29, 1.82) is 0 Å². The molecule has 0 saturated carbocycles. The molecule has 8 heavy (non-hydrogen) atoms. The van der Waals surface area contributed by atoms with Gasteiger partial charge in [0, 0.05) is 0 Å². The van der Waals surface area contributed by atoms with Crippen LogP contribution in [0.4, 0.5) is 0 Å². The van der Waals surface area contributed by atoms with E-state index in [1.807, 2.05) is 6.92 Å². The van der Waals surface area contributed by atoms with E-state index in [0.29, 0.717) is 0 Å². The Hall–Kier alpha value is -0.480. The zero-order chi connectivity index (χ0) is 6.41. The lowest BCUT2D eigenvalue weighted by atomic mass is 10.2. The minimum atomic E-state index is -0.398. The van der Waals surface area contributed by atoms with Crippen molar-refractivity contribution in [3.8, 4) is 11.8 Å². The van der Waals surface area contributed by atoms with Crippen LogP contribution in [0.3, 0.4) is 0 Å². The fourth-order valence-electron chi connectivity index (χ4n) is 0.512. The third kappa shape index (κ3) is 3.70.